The summed E-state index contributed by atoms with van der Waals surface area (Å²) in [6.45, 7) is 12.1. The number of hydrogen-bond donors (Lipinski definition) is 1. The lowest BCUT2D eigenvalue weighted by Gasteiger charge is -2.30. The molecule has 0 unspecified atom stereocenters. The van der Waals surface area contributed by atoms with E-state index in [1.807, 2.05) is 50.2 Å². The van der Waals surface area contributed by atoms with Crippen molar-refractivity contribution in [3.8, 4) is 5.75 Å². The van der Waals surface area contributed by atoms with E-state index in [0.29, 0.717) is 10.8 Å². The second-order valence-electron chi connectivity index (χ2n) is 9.29. The molecule has 0 fully saturated rings. The zero-order valence-electron chi connectivity index (χ0n) is 20.2. The Bertz CT molecular complexity index is 974. The molecule has 0 bridgehead atoms. The molecule has 2 aromatic carbocycles. The van der Waals surface area contributed by atoms with Crippen molar-refractivity contribution in [2.24, 2.45) is 0 Å². The van der Waals surface area contributed by atoms with E-state index < -0.39 is 6.04 Å². The lowest BCUT2D eigenvalue weighted by Crippen LogP contribution is -2.50. The van der Waals surface area contributed by atoms with Gasteiger partial charge in [0.25, 0.3) is 5.91 Å². The molecule has 0 aliphatic heterocycles. The monoisotopic (exact) mass is 536 g/mol. The van der Waals surface area contributed by atoms with Gasteiger partial charge in [0.1, 0.15) is 11.8 Å². The molecule has 0 saturated carbocycles. The quantitative estimate of drug-likeness (QED) is 0.420. The Morgan fingerprint density at radius 1 is 1.15 bits per heavy atom. The maximum absolute atomic E-state index is 13.2. The first-order valence-electron chi connectivity index (χ1n) is 11.2. The van der Waals surface area contributed by atoms with Gasteiger partial charge >= 0.3 is 0 Å². The molecular formula is C26H34BrClN2O3. The fraction of sp³-hybridized carbons (Fsp3) is 0.462. The fourth-order valence-corrected chi connectivity index (χ4v) is 3.85. The van der Waals surface area contributed by atoms with Gasteiger partial charge < -0.3 is 15.0 Å². The number of nitrogens with zero attached hydrogens (tertiary/aromatic N) is 1. The molecule has 180 valence electrons. The Morgan fingerprint density at radius 3 is 2.39 bits per heavy atom. The minimum absolute atomic E-state index is 0.00103. The summed E-state index contributed by atoms with van der Waals surface area (Å²) in [5.41, 5.74) is 1.93. The molecule has 33 heavy (non-hydrogen) atoms. The van der Waals surface area contributed by atoms with Gasteiger partial charge in [-0.05, 0) is 70.9 Å². The molecule has 0 heterocycles. The van der Waals surface area contributed by atoms with Crippen LogP contribution in [-0.4, -0.2) is 35.4 Å². The predicted molar refractivity (Wildman–Crippen MR) is 138 cm³/mol. The van der Waals surface area contributed by atoms with Crippen molar-refractivity contribution in [2.75, 3.05) is 6.61 Å². The third-order valence-electron chi connectivity index (χ3n) is 5.62. The van der Waals surface area contributed by atoms with Crippen LogP contribution in [0, 0.1) is 0 Å². The van der Waals surface area contributed by atoms with Crippen molar-refractivity contribution in [2.45, 2.75) is 72.0 Å². The van der Waals surface area contributed by atoms with E-state index >= 15 is 0 Å². The molecule has 0 aliphatic rings. The SMILES string of the molecule is CC[C@H](C)NC(=O)[C@H](C)N(Cc1ccccc1Cl)C(=O)COc1ccc(C(C)(C)C)cc1Br. The fourth-order valence-electron chi connectivity index (χ4n) is 3.17. The van der Waals surface area contributed by atoms with Crippen LogP contribution in [0.2, 0.25) is 5.02 Å². The number of ether oxygens (including phenoxy) is 1. The highest BCUT2D eigenvalue weighted by atomic mass is 79.9. The summed E-state index contributed by atoms with van der Waals surface area (Å²) in [6.07, 6.45) is 0.804. The summed E-state index contributed by atoms with van der Waals surface area (Å²) in [5.74, 6) is 0.0692. The average Bonchev–Trinajstić information content (AvgIpc) is 2.76. The van der Waals surface area contributed by atoms with E-state index in [4.69, 9.17) is 16.3 Å². The van der Waals surface area contributed by atoms with Crippen molar-refractivity contribution in [1.29, 1.82) is 0 Å². The standard InChI is InChI=1S/C26H34BrClN2O3/c1-7-17(2)29-25(32)18(3)30(15-19-10-8-9-11-22(19)28)24(31)16-33-23-13-12-20(14-21(23)27)26(4,5)6/h8-14,17-18H,7,15-16H2,1-6H3,(H,29,32)/t17-,18-/m0/s1. The minimum atomic E-state index is -0.682. The number of amides is 2. The van der Waals surface area contributed by atoms with E-state index in [2.05, 4.69) is 42.0 Å². The topological polar surface area (TPSA) is 58.6 Å². The summed E-state index contributed by atoms with van der Waals surface area (Å²) in [5, 5.41) is 3.50. The largest absolute Gasteiger partial charge is 0.483 e. The molecule has 0 aliphatic carbocycles. The van der Waals surface area contributed by atoms with Gasteiger partial charge in [-0.1, -0.05) is 63.6 Å². The molecule has 1 N–H and O–H groups in total. The average molecular weight is 538 g/mol. The maximum Gasteiger partial charge on any atom is 0.261 e. The van der Waals surface area contributed by atoms with Crippen LogP contribution < -0.4 is 10.1 Å². The van der Waals surface area contributed by atoms with Crippen LogP contribution in [0.1, 0.15) is 59.1 Å². The third-order valence-corrected chi connectivity index (χ3v) is 6.60. The van der Waals surface area contributed by atoms with Crippen molar-refractivity contribution < 1.29 is 14.3 Å². The second kappa shape index (κ2) is 11.9. The number of carbonyl (C=O) groups is 2. The lowest BCUT2D eigenvalue weighted by atomic mass is 9.87. The Hall–Kier alpha value is -2.05. The molecule has 5 nitrogen and oxygen atoms in total. The zero-order valence-corrected chi connectivity index (χ0v) is 22.6. The number of rotatable bonds is 9. The smallest absolute Gasteiger partial charge is 0.261 e. The summed E-state index contributed by atoms with van der Waals surface area (Å²) in [4.78, 5) is 27.6. The highest BCUT2D eigenvalue weighted by Gasteiger charge is 2.28. The molecule has 0 saturated heterocycles. The summed E-state index contributed by atoms with van der Waals surface area (Å²) >= 11 is 9.88. The van der Waals surface area contributed by atoms with E-state index in [0.717, 1.165) is 22.0 Å². The lowest BCUT2D eigenvalue weighted by molar-refractivity contribution is -0.142. The number of hydrogen-bond acceptors (Lipinski definition) is 3. The molecular weight excluding hydrogens is 504 g/mol. The van der Waals surface area contributed by atoms with Gasteiger partial charge in [-0.2, -0.15) is 0 Å². The van der Waals surface area contributed by atoms with Gasteiger partial charge in [0.2, 0.25) is 5.91 Å². The first-order valence-corrected chi connectivity index (χ1v) is 12.4. The van der Waals surface area contributed by atoms with E-state index in [-0.39, 0.29) is 36.4 Å². The molecule has 0 radical (unpaired) electrons. The third kappa shape index (κ3) is 7.75. The van der Waals surface area contributed by atoms with Gasteiger partial charge in [0.05, 0.1) is 4.47 Å². The van der Waals surface area contributed by atoms with Crippen molar-refractivity contribution in [3.63, 3.8) is 0 Å². The van der Waals surface area contributed by atoms with Crippen LogP contribution in [0.5, 0.6) is 5.75 Å². The van der Waals surface area contributed by atoms with Crippen molar-refractivity contribution >= 4 is 39.3 Å². The summed E-state index contributed by atoms with van der Waals surface area (Å²) in [6, 6.07) is 12.5. The first-order chi connectivity index (χ1) is 15.4. The molecule has 2 atom stereocenters. The summed E-state index contributed by atoms with van der Waals surface area (Å²) in [7, 11) is 0. The van der Waals surface area contributed by atoms with Gasteiger partial charge in [0, 0.05) is 17.6 Å². The Kier molecular flexibility index (Phi) is 9.80. The van der Waals surface area contributed by atoms with E-state index in [1.165, 1.54) is 4.90 Å². The van der Waals surface area contributed by atoms with Crippen LogP contribution in [0.15, 0.2) is 46.9 Å². The van der Waals surface area contributed by atoms with Crippen LogP contribution in [0.25, 0.3) is 0 Å². The highest BCUT2D eigenvalue weighted by Crippen LogP contribution is 2.31. The second-order valence-corrected chi connectivity index (χ2v) is 10.6. The Morgan fingerprint density at radius 2 is 1.82 bits per heavy atom. The highest BCUT2D eigenvalue weighted by molar-refractivity contribution is 9.10. The molecule has 7 heteroatoms. The number of benzene rings is 2. The zero-order chi connectivity index (χ0) is 24.8. The predicted octanol–water partition coefficient (Wildman–Crippen LogP) is 6.11. The number of carbonyl (C=O) groups excluding carboxylic acids is 2. The number of nitrogens with one attached hydrogen (secondary N) is 1. The van der Waals surface area contributed by atoms with E-state index in [1.54, 1.807) is 13.0 Å². The minimum Gasteiger partial charge on any atom is -0.483 e. The number of halogens is 2. The molecule has 2 rings (SSSR count). The van der Waals surface area contributed by atoms with Gasteiger partial charge in [-0.25, -0.2) is 0 Å². The first kappa shape index (κ1) is 27.2. The van der Waals surface area contributed by atoms with Gasteiger partial charge in [-0.3, -0.25) is 9.59 Å². The maximum atomic E-state index is 13.2. The van der Waals surface area contributed by atoms with Crippen molar-refractivity contribution in [1.82, 2.24) is 10.2 Å². The molecule has 2 aromatic rings. The molecule has 0 aromatic heterocycles. The van der Waals surface area contributed by atoms with Crippen LogP contribution in [0.3, 0.4) is 0 Å². The Labute approximate surface area is 211 Å². The molecule has 2 amide bonds. The van der Waals surface area contributed by atoms with Gasteiger partial charge in [-0.15, -0.1) is 0 Å². The van der Waals surface area contributed by atoms with E-state index in [9.17, 15) is 9.59 Å². The van der Waals surface area contributed by atoms with Crippen molar-refractivity contribution in [3.05, 3.63) is 63.1 Å². The summed E-state index contributed by atoms with van der Waals surface area (Å²) < 4.78 is 6.63. The van der Waals surface area contributed by atoms with Crippen LogP contribution in [0.4, 0.5) is 0 Å². The van der Waals surface area contributed by atoms with Crippen LogP contribution in [-0.2, 0) is 21.5 Å². The Balaban J connectivity index is 2.20. The normalized spacial score (nSPS) is 13.2. The van der Waals surface area contributed by atoms with Crippen LogP contribution >= 0.6 is 27.5 Å². The van der Waals surface area contributed by atoms with Gasteiger partial charge in [0.15, 0.2) is 6.61 Å². The molecule has 0 spiro atoms.